The van der Waals surface area contributed by atoms with Gasteiger partial charge >= 0.3 is 0 Å². The molecule has 1 saturated heterocycles. The van der Waals surface area contributed by atoms with Gasteiger partial charge in [0, 0.05) is 19.5 Å². The number of nitrogens with zero attached hydrogens (tertiary/aromatic N) is 3. The maximum atomic E-state index is 13.8. The van der Waals surface area contributed by atoms with Gasteiger partial charge < -0.3 is 14.5 Å². The van der Waals surface area contributed by atoms with Gasteiger partial charge in [-0.2, -0.15) is 0 Å². The number of rotatable bonds is 9. The third kappa shape index (κ3) is 6.80. The Morgan fingerprint density at radius 3 is 2.59 bits per heavy atom. The van der Waals surface area contributed by atoms with E-state index >= 15 is 0 Å². The molecule has 200 valence electrons. The number of carbonyl (C=O) groups is 2. The predicted molar refractivity (Wildman–Crippen MR) is 145 cm³/mol. The molecule has 0 aliphatic carbocycles. The van der Waals surface area contributed by atoms with Gasteiger partial charge in [0.25, 0.3) is 5.91 Å². The van der Waals surface area contributed by atoms with Crippen LogP contribution >= 0.6 is 35.2 Å². The summed E-state index contributed by atoms with van der Waals surface area (Å²) in [6.07, 6.45) is 1.43. The van der Waals surface area contributed by atoms with E-state index in [1.807, 2.05) is 23.1 Å². The quantitative estimate of drug-likeness (QED) is 0.162. The zero-order chi connectivity index (χ0) is 26.4. The molecule has 0 aromatic heterocycles. The molecule has 3 atom stereocenters. The molecule has 0 spiro atoms. The largest absolute Gasteiger partial charge is 0.366 e. The summed E-state index contributed by atoms with van der Waals surface area (Å²) in [6.45, 7) is 2.69. The zero-order valence-corrected chi connectivity index (χ0v) is 23.5. The van der Waals surface area contributed by atoms with Crippen LogP contribution < -0.4 is 0 Å². The SMILES string of the molecule is CCC(=O)N(CCN(F)SOI)[C@@H]1CC[C@H](C(=O)N2CCc3ccccc3[C@@H]2c2ccc(F)cc2)OC1. The van der Waals surface area contributed by atoms with E-state index in [1.54, 1.807) is 47.0 Å². The van der Waals surface area contributed by atoms with Crippen LogP contribution in [-0.4, -0.2) is 64.5 Å². The highest BCUT2D eigenvalue weighted by Crippen LogP contribution is 2.36. The number of hydrogen-bond donors (Lipinski definition) is 0. The molecule has 0 N–H and O–H groups in total. The van der Waals surface area contributed by atoms with Crippen molar-refractivity contribution >= 4 is 47.0 Å². The van der Waals surface area contributed by atoms with Crippen molar-refractivity contribution in [3.05, 3.63) is 71.0 Å². The van der Waals surface area contributed by atoms with Crippen molar-refractivity contribution < 1.29 is 25.7 Å². The third-order valence-corrected chi connectivity index (χ3v) is 7.85. The van der Waals surface area contributed by atoms with Crippen LogP contribution in [-0.2, 0) is 23.3 Å². The zero-order valence-electron chi connectivity index (χ0n) is 20.5. The number of halogens is 3. The minimum Gasteiger partial charge on any atom is -0.366 e. The smallest absolute Gasteiger partial charge is 0.252 e. The summed E-state index contributed by atoms with van der Waals surface area (Å²) in [5.41, 5.74) is 3.05. The Bertz CT molecular complexity index is 1070. The number of benzene rings is 2. The highest BCUT2D eigenvalue weighted by Gasteiger charge is 2.38. The molecule has 1 fully saturated rings. The lowest BCUT2D eigenvalue weighted by Crippen LogP contribution is -2.52. The molecule has 4 rings (SSSR count). The van der Waals surface area contributed by atoms with Crippen LogP contribution in [0.5, 0.6) is 0 Å². The molecular weight excluding hydrogens is 615 g/mol. The van der Waals surface area contributed by atoms with E-state index in [9.17, 15) is 18.5 Å². The van der Waals surface area contributed by atoms with Crippen LogP contribution in [0.3, 0.4) is 0 Å². The molecule has 2 aromatic rings. The van der Waals surface area contributed by atoms with E-state index in [-0.39, 0.29) is 49.4 Å². The number of fused-ring (bicyclic) bond motifs is 1. The van der Waals surface area contributed by atoms with Gasteiger partial charge in [-0.15, -0.1) is 4.48 Å². The molecule has 11 heteroatoms. The predicted octanol–water partition coefficient (Wildman–Crippen LogP) is 5.20. The first-order chi connectivity index (χ1) is 17.9. The van der Waals surface area contributed by atoms with Gasteiger partial charge in [0.05, 0.1) is 25.2 Å². The van der Waals surface area contributed by atoms with Crippen LogP contribution in [0.25, 0.3) is 0 Å². The molecule has 37 heavy (non-hydrogen) atoms. The van der Waals surface area contributed by atoms with E-state index in [1.165, 1.54) is 17.7 Å². The van der Waals surface area contributed by atoms with Crippen LogP contribution in [0, 0.1) is 5.82 Å². The van der Waals surface area contributed by atoms with Crippen molar-refractivity contribution in [1.29, 1.82) is 0 Å². The number of amides is 2. The highest BCUT2D eigenvalue weighted by atomic mass is 127. The second kappa shape index (κ2) is 13.3. The van der Waals surface area contributed by atoms with Gasteiger partial charge in [0.1, 0.15) is 47.2 Å². The summed E-state index contributed by atoms with van der Waals surface area (Å²) in [5, 5.41) is 0. The molecule has 2 aliphatic rings. The second-order valence-corrected chi connectivity index (χ2v) is 10.9. The Morgan fingerprint density at radius 2 is 1.92 bits per heavy atom. The molecule has 0 bridgehead atoms. The molecular formula is C26H30F2IN3O4S. The summed E-state index contributed by atoms with van der Waals surface area (Å²) in [6, 6.07) is 13.8. The Hall–Kier alpha value is -1.80. The lowest BCUT2D eigenvalue weighted by atomic mass is 9.87. The van der Waals surface area contributed by atoms with Crippen molar-refractivity contribution in [3.8, 4) is 0 Å². The lowest BCUT2D eigenvalue weighted by molar-refractivity contribution is -0.154. The van der Waals surface area contributed by atoms with Crippen molar-refractivity contribution in [2.24, 2.45) is 0 Å². The molecule has 2 aliphatic heterocycles. The molecule has 7 nitrogen and oxygen atoms in total. The third-order valence-electron chi connectivity index (χ3n) is 6.97. The number of hydrogen-bond acceptors (Lipinski definition) is 6. The van der Waals surface area contributed by atoms with Crippen LogP contribution in [0.15, 0.2) is 48.5 Å². The molecule has 0 unspecified atom stereocenters. The van der Waals surface area contributed by atoms with E-state index in [2.05, 4.69) is 8.58 Å². The fourth-order valence-electron chi connectivity index (χ4n) is 5.14. The minimum atomic E-state index is -0.635. The Morgan fingerprint density at radius 1 is 1.16 bits per heavy atom. The normalized spacial score (nSPS) is 21.5. The Balaban J connectivity index is 1.46. The summed E-state index contributed by atoms with van der Waals surface area (Å²) in [4.78, 5) is 29.8. The Labute approximate surface area is 234 Å². The fourth-order valence-corrected chi connectivity index (χ4v) is 5.88. The summed E-state index contributed by atoms with van der Waals surface area (Å²) >= 11 is 2.15. The lowest BCUT2D eigenvalue weighted by Gasteiger charge is -2.42. The van der Waals surface area contributed by atoms with Gasteiger partial charge in [-0.05, 0) is 48.1 Å². The van der Waals surface area contributed by atoms with E-state index in [0.29, 0.717) is 42.6 Å². The minimum absolute atomic E-state index is 0.00912. The summed E-state index contributed by atoms with van der Waals surface area (Å²) < 4.78 is 38.6. The topological polar surface area (TPSA) is 62.3 Å². The molecule has 0 radical (unpaired) electrons. The average molecular weight is 646 g/mol. The van der Waals surface area contributed by atoms with Crippen LogP contribution in [0.2, 0.25) is 0 Å². The van der Waals surface area contributed by atoms with Crippen molar-refractivity contribution in [2.45, 2.75) is 50.8 Å². The molecule has 2 heterocycles. The van der Waals surface area contributed by atoms with Crippen molar-refractivity contribution in [1.82, 2.24) is 14.3 Å². The van der Waals surface area contributed by atoms with Gasteiger partial charge in [0.2, 0.25) is 5.91 Å². The highest BCUT2D eigenvalue weighted by molar-refractivity contribution is 14.1. The fraction of sp³-hybridized carbons (Fsp3) is 0.462. The average Bonchev–Trinajstić information content (AvgIpc) is 2.93. The maximum absolute atomic E-state index is 13.8. The molecule has 0 saturated carbocycles. The first-order valence-electron chi connectivity index (χ1n) is 12.4. The summed E-state index contributed by atoms with van der Waals surface area (Å²) in [5.74, 6) is -0.521. The number of ether oxygens (including phenoxy) is 1. The van der Waals surface area contributed by atoms with Gasteiger partial charge in [-0.1, -0.05) is 47.8 Å². The second-order valence-electron chi connectivity index (χ2n) is 9.11. The monoisotopic (exact) mass is 645 g/mol. The first-order valence-corrected chi connectivity index (χ1v) is 13.9. The van der Waals surface area contributed by atoms with E-state index in [4.69, 9.17) is 4.74 Å². The van der Waals surface area contributed by atoms with E-state index < -0.39 is 6.10 Å². The van der Waals surface area contributed by atoms with Crippen molar-refractivity contribution in [3.63, 3.8) is 0 Å². The van der Waals surface area contributed by atoms with Crippen LogP contribution in [0.1, 0.15) is 48.9 Å². The number of carbonyl (C=O) groups excluding carboxylic acids is 2. The molecule has 2 amide bonds. The maximum Gasteiger partial charge on any atom is 0.252 e. The van der Waals surface area contributed by atoms with E-state index in [0.717, 1.165) is 17.5 Å². The standard InChI is InChI=1S/C26H30F2IN3O4S/c1-2-24(33)30(15-16-32(28)37-36-29)21-11-12-23(35-17-21)26(34)31-14-13-18-5-3-4-6-22(18)25(31)19-7-9-20(27)10-8-19/h3-10,21,23,25H,2,11-17H2,1H3/t21-,23-,25+/m1/s1. The van der Waals surface area contributed by atoms with Gasteiger partial charge in [-0.25, -0.2) is 6.90 Å². The summed E-state index contributed by atoms with van der Waals surface area (Å²) in [7, 11) is 0. The Kier molecular flexibility index (Phi) is 10.2. The molecule has 2 aromatic carbocycles. The van der Waals surface area contributed by atoms with Gasteiger partial charge in [0.15, 0.2) is 0 Å². The first kappa shape index (κ1) is 28.2. The van der Waals surface area contributed by atoms with Gasteiger partial charge in [-0.3, -0.25) is 9.59 Å². The van der Waals surface area contributed by atoms with Crippen LogP contribution in [0.4, 0.5) is 8.87 Å². The van der Waals surface area contributed by atoms with Crippen molar-refractivity contribution in [2.75, 3.05) is 26.2 Å².